The van der Waals surface area contributed by atoms with Crippen molar-refractivity contribution >= 4 is 17.2 Å². The third-order valence-electron chi connectivity index (χ3n) is 5.40. The predicted molar refractivity (Wildman–Crippen MR) is 113 cm³/mol. The van der Waals surface area contributed by atoms with Crippen LogP contribution in [-0.4, -0.2) is 39.8 Å². The number of hydrogen-bond acceptors (Lipinski definition) is 5. The molecule has 1 aliphatic heterocycles. The molecule has 8 heteroatoms. The normalized spacial score (nSPS) is 16.5. The number of nitrogens with zero attached hydrogens (tertiary/aromatic N) is 2. The Kier molecular flexibility index (Phi) is 5.85. The summed E-state index contributed by atoms with van der Waals surface area (Å²) in [4.78, 5) is 28.8. The number of amides is 1. The quantitative estimate of drug-likeness (QED) is 0.651. The Morgan fingerprint density at radius 2 is 2.17 bits per heavy atom. The van der Waals surface area contributed by atoms with Crippen molar-refractivity contribution in [2.45, 2.75) is 45.6 Å². The van der Waals surface area contributed by atoms with Gasteiger partial charge in [0, 0.05) is 29.6 Å². The number of fused-ring (bicyclic) bond motifs is 1. The van der Waals surface area contributed by atoms with Gasteiger partial charge in [0.05, 0.1) is 18.2 Å². The van der Waals surface area contributed by atoms with Gasteiger partial charge < -0.3 is 14.8 Å². The second-order valence-electron chi connectivity index (χ2n) is 7.60. The van der Waals surface area contributed by atoms with E-state index in [1.807, 2.05) is 38.1 Å². The number of aromatic nitrogens is 3. The van der Waals surface area contributed by atoms with Crippen molar-refractivity contribution in [3.63, 3.8) is 0 Å². The number of hydrogen-bond donors (Lipinski definition) is 2. The van der Waals surface area contributed by atoms with E-state index >= 15 is 0 Å². The van der Waals surface area contributed by atoms with Gasteiger partial charge in [-0.15, -0.1) is 0 Å². The van der Waals surface area contributed by atoms with Gasteiger partial charge in [0.2, 0.25) is 5.91 Å². The summed E-state index contributed by atoms with van der Waals surface area (Å²) in [5.74, 6) is 0.443. The monoisotopic (exact) mass is 410 g/mol. The van der Waals surface area contributed by atoms with Gasteiger partial charge in [0.15, 0.2) is 5.65 Å². The Hall–Kier alpha value is -3.13. The molecule has 1 unspecified atom stereocenters. The minimum atomic E-state index is -0.223. The summed E-state index contributed by atoms with van der Waals surface area (Å²) in [6, 6.07) is 8.83. The van der Waals surface area contributed by atoms with Crippen molar-refractivity contribution in [2.24, 2.45) is 0 Å². The number of nitrogens with one attached hydrogen (secondary N) is 2. The van der Waals surface area contributed by atoms with Crippen molar-refractivity contribution < 1.29 is 14.3 Å². The Morgan fingerprint density at radius 1 is 1.33 bits per heavy atom. The molecule has 0 saturated carbocycles. The smallest absolute Gasteiger partial charge is 0.266 e. The summed E-state index contributed by atoms with van der Waals surface area (Å²) >= 11 is 0. The van der Waals surface area contributed by atoms with Crippen molar-refractivity contribution in [3.05, 3.63) is 57.6 Å². The van der Waals surface area contributed by atoms with Gasteiger partial charge >= 0.3 is 0 Å². The number of anilines is 1. The molecule has 0 radical (unpaired) electrons. The maximum atomic E-state index is 12.8. The summed E-state index contributed by atoms with van der Waals surface area (Å²) in [7, 11) is 0. The Bertz CT molecular complexity index is 1110. The highest BCUT2D eigenvalue weighted by molar-refractivity contribution is 5.94. The first-order chi connectivity index (χ1) is 14.5. The lowest BCUT2D eigenvalue weighted by atomic mass is 10.1. The van der Waals surface area contributed by atoms with Crippen molar-refractivity contribution in [3.8, 4) is 5.75 Å². The molecule has 0 bridgehead atoms. The molecule has 3 heterocycles. The molecule has 0 aliphatic carbocycles. The first kappa shape index (κ1) is 20.2. The molecular weight excluding hydrogens is 384 g/mol. The number of carbonyl (C=O) groups excluding carboxylic acids is 1. The Morgan fingerprint density at radius 3 is 2.97 bits per heavy atom. The van der Waals surface area contributed by atoms with Crippen molar-refractivity contribution in [2.75, 3.05) is 18.5 Å². The summed E-state index contributed by atoms with van der Waals surface area (Å²) < 4.78 is 13.3. The first-order valence-corrected chi connectivity index (χ1v) is 10.2. The highest BCUT2D eigenvalue weighted by Gasteiger charge is 2.17. The third kappa shape index (κ3) is 4.38. The standard InChI is InChI=1S/C22H26N4O4/c1-14-17(15(2)26-20(23-14)12-22(28)25-26)11-21(27)24-18-8-3-4-9-19(18)30-13-16-7-5-6-10-29-16/h3-4,8-9,12,16H,5-7,10-11,13H2,1-2H3,(H,24,27)(H,25,28). The van der Waals surface area contributed by atoms with Crippen LogP contribution in [0.3, 0.4) is 0 Å². The molecular formula is C22H26N4O4. The fraction of sp³-hybridized carbons (Fsp3) is 0.409. The molecule has 1 amide bonds. The maximum Gasteiger partial charge on any atom is 0.266 e. The van der Waals surface area contributed by atoms with E-state index in [1.165, 1.54) is 6.07 Å². The minimum absolute atomic E-state index is 0.0920. The third-order valence-corrected chi connectivity index (χ3v) is 5.40. The molecule has 1 fully saturated rings. The van der Waals surface area contributed by atoms with Gasteiger partial charge in [0.1, 0.15) is 12.4 Å². The lowest BCUT2D eigenvalue weighted by molar-refractivity contribution is -0.115. The number of benzene rings is 1. The first-order valence-electron chi connectivity index (χ1n) is 10.2. The summed E-state index contributed by atoms with van der Waals surface area (Å²) in [6.45, 7) is 4.94. The number of carbonyl (C=O) groups is 1. The molecule has 4 rings (SSSR count). The molecule has 2 N–H and O–H groups in total. The minimum Gasteiger partial charge on any atom is -0.489 e. The molecule has 8 nitrogen and oxygen atoms in total. The Labute approximate surface area is 174 Å². The Balaban J connectivity index is 1.47. The van der Waals surface area contributed by atoms with E-state index in [4.69, 9.17) is 9.47 Å². The van der Waals surface area contributed by atoms with E-state index in [-0.39, 0.29) is 24.0 Å². The lowest BCUT2D eigenvalue weighted by Gasteiger charge is -2.23. The van der Waals surface area contributed by atoms with Crippen LogP contribution in [0.1, 0.15) is 36.2 Å². The number of aryl methyl sites for hydroxylation is 2. The molecule has 0 spiro atoms. The van der Waals surface area contributed by atoms with Gasteiger partial charge in [0.25, 0.3) is 5.56 Å². The number of para-hydroxylation sites is 2. The fourth-order valence-electron chi connectivity index (χ4n) is 3.78. The average molecular weight is 410 g/mol. The largest absolute Gasteiger partial charge is 0.489 e. The molecule has 3 aromatic rings. The van der Waals surface area contributed by atoms with Gasteiger partial charge in [-0.3, -0.25) is 14.7 Å². The van der Waals surface area contributed by atoms with Crippen LogP contribution < -0.4 is 15.6 Å². The molecule has 158 valence electrons. The van der Waals surface area contributed by atoms with Crippen molar-refractivity contribution in [1.82, 2.24) is 14.6 Å². The number of aromatic amines is 1. The van der Waals surface area contributed by atoms with Crippen molar-refractivity contribution in [1.29, 1.82) is 0 Å². The number of rotatable bonds is 6. The highest BCUT2D eigenvalue weighted by Crippen LogP contribution is 2.25. The average Bonchev–Trinajstić information content (AvgIpc) is 3.11. The van der Waals surface area contributed by atoms with Crippen LogP contribution in [0.2, 0.25) is 0 Å². The van der Waals surface area contributed by atoms with E-state index in [1.54, 1.807) is 4.52 Å². The zero-order chi connectivity index (χ0) is 21.1. The molecule has 2 aromatic heterocycles. The summed E-state index contributed by atoms with van der Waals surface area (Å²) in [6.07, 6.45) is 3.47. The summed E-state index contributed by atoms with van der Waals surface area (Å²) in [5.41, 5.74) is 3.23. The molecule has 1 aromatic carbocycles. The van der Waals surface area contributed by atoms with E-state index in [0.717, 1.165) is 42.8 Å². The molecule has 1 atom stereocenters. The second-order valence-corrected chi connectivity index (χ2v) is 7.60. The summed E-state index contributed by atoms with van der Waals surface area (Å²) in [5, 5.41) is 5.65. The molecule has 1 aliphatic rings. The van der Waals surface area contributed by atoms with E-state index in [9.17, 15) is 9.59 Å². The fourth-order valence-corrected chi connectivity index (χ4v) is 3.78. The van der Waals surface area contributed by atoms with Crippen LogP contribution in [0, 0.1) is 13.8 Å². The van der Waals surface area contributed by atoms with Gasteiger partial charge in [-0.2, -0.15) is 0 Å². The topological polar surface area (TPSA) is 97.7 Å². The van der Waals surface area contributed by atoms with Gasteiger partial charge in [-0.05, 0) is 45.2 Å². The van der Waals surface area contributed by atoms with Crippen LogP contribution in [-0.2, 0) is 16.0 Å². The predicted octanol–water partition coefficient (Wildman–Crippen LogP) is 2.77. The van der Waals surface area contributed by atoms with E-state index in [0.29, 0.717) is 23.7 Å². The second kappa shape index (κ2) is 8.71. The molecule has 30 heavy (non-hydrogen) atoms. The molecule has 1 saturated heterocycles. The number of H-pyrrole nitrogens is 1. The number of ether oxygens (including phenoxy) is 2. The highest BCUT2D eigenvalue weighted by atomic mass is 16.5. The maximum absolute atomic E-state index is 12.8. The van der Waals surface area contributed by atoms with Gasteiger partial charge in [-0.25, -0.2) is 9.50 Å². The SMILES string of the molecule is Cc1nc2cc(=O)[nH]n2c(C)c1CC(=O)Nc1ccccc1OCC1CCCCO1. The lowest BCUT2D eigenvalue weighted by Crippen LogP contribution is -2.26. The van der Waals surface area contributed by atoms with E-state index < -0.39 is 0 Å². The van der Waals surface area contributed by atoms with E-state index in [2.05, 4.69) is 15.4 Å². The van der Waals surface area contributed by atoms with Crippen LogP contribution in [0.5, 0.6) is 5.75 Å². The van der Waals surface area contributed by atoms with Crippen LogP contribution in [0.15, 0.2) is 35.1 Å². The van der Waals surface area contributed by atoms with Crippen LogP contribution >= 0.6 is 0 Å². The zero-order valence-corrected chi connectivity index (χ0v) is 17.2. The zero-order valence-electron chi connectivity index (χ0n) is 17.2. The van der Waals surface area contributed by atoms with Crippen LogP contribution in [0.25, 0.3) is 5.65 Å². The van der Waals surface area contributed by atoms with Crippen LogP contribution in [0.4, 0.5) is 5.69 Å². The van der Waals surface area contributed by atoms with Gasteiger partial charge in [-0.1, -0.05) is 12.1 Å².